The van der Waals surface area contributed by atoms with Gasteiger partial charge in [0.15, 0.2) is 11.9 Å². The maximum atomic E-state index is 11.7. The summed E-state index contributed by atoms with van der Waals surface area (Å²) in [6, 6.07) is 15.5. The summed E-state index contributed by atoms with van der Waals surface area (Å²) in [5.74, 6) is -0.346. The van der Waals surface area contributed by atoms with Crippen molar-refractivity contribution in [1.29, 1.82) is 0 Å². The van der Waals surface area contributed by atoms with Crippen molar-refractivity contribution in [3.8, 4) is 5.75 Å². The lowest BCUT2D eigenvalue weighted by molar-refractivity contribution is -0.0368. The topological polar surface area (TPSA) is 73.6 Å². The van der Waals surface area contributed by atoms with E-state index in [0.717, 1.165) is 36.8 Å². The molecule has 0 spiro atoms. The number of benzene rings is 2. The molecule has 1 aliphatic heterocycles. The lowest BCUT2D eigenvalue weighted by Crippen LogP contribution is -2.19. The number of carboxylic acid groups (broad SMARTS) is 1. The van der Waals surface area contributed by atoms with Gasteiger partial charge >= 0.3 is 5.97 Å². The average Bonchev–Trinajstić information content (AvgIpc) is 3.12. The summed E-state index contributed by atoms with van der Waals surface area (Å²) < 4.78 is 13.8. The first-order chi connectivity index (χ1) is 13.7. The molecule has 1 N–H and O–H groups in total. The van der Waals surface area contributed by atoms with Crippen LogP contribution in [-0.4, -0.2) is 27.5 Å². The van der Waals surface area contributed by atoms with Crippen LogP contribution in [0.25, 0.3) is 10.9 Å². The Kier molecular flexibility index (Phi) is 5.30. The van der Waals surface area contributed by atoms with E-state index in [1.807, 2.05) is 30.3 Å². The fourth-order valence-electron chi connectivity index (χ4n) is 3.70. The molecule has 28 heavy (non-hydrogen) atoms. The number of hydrogen-bond acceptors (Lipinski definition) is 4. The van der Waals surface area contributed by atoms with Crippen LogP contribution in [0.15, 0.2) is 48.5 Å². The van der Waals surface area contributed by atoms with Crippen molar-refractivity contribution in [3.05, 3.63) is 59.8 Å². The van der Waals surface area contributed by atoms with Crippen LogP contribution in [0.2, 0.25) is 0 Å². The van der Waals surface area contributed by atoms with Gasteiger partial charge in [-0.05, 0) is 43.4 Å². The predicted molar refractivity (Wildman–Crippen MR) is 106 cm³/mol. The van der Waals surface area contributed by atoms with Crippen LogP contribution in [0.1, 0.15) is 61.0 Å². The lowest BCUT2D eigenvalue weighted by Gasteiger charge is -2.23. The molecule has 4 rings (SSSR count). The Morgan fingerprint density at radius 3 is 2.79 bits per heavy atom. The molecule has 0 bridgehead atoms. The van der Waals surface area contributed by atoms with E-state index in [-0.39, 0.29) is 18.0 Å². The van der Waals surface area contributed by atoms with Gasteiger partial charge < -0.3 is 14.6 Å². The van der Waals surface area contributed by atoms with Gasteiger partial charge in [0.1, 0.15) is 11.9 Å². The zero-order chi connectivity index (χ0) is 19.5. The van der Waals surface area contributed by atoms with Crippen molar-refractivity contribution in [2.75, 3.05) is 6.61 Å². The van der Waals surface area contributed by atoms with Crippen LogP contribution in [0.4, 0.5) is 0 Å². The van der Waals surface area contributed by atoms with Gasteiger partial charge in [-0.1, -0.05) is 37.3 Å². The molecule has 1 saturated heterocycles. The van der Waals surface area contributed by atoms with Crippen LogP contribution >= 0.6 is 0 Å². The molecule has 1 fully saturated rings. The number of nitrogens with zero attached hydrogens (tertiary/aromatic N) is 2. The molecule has 2 aromatic carbocycles. The molecule has 1 aliphatic rings. The molecule has 146 valence electrons. The van der Waals surface area contributed by atoms with Crippen LogP contribution in [0.5, 0.6) is 5.75 Å². The first-order valence-corrected chi connectivity index (χ1v) is 9.76. The SMILES string of the molecule is CCC(Oc1ccc2c(C(=O)O)nn(C3CCCCO3)c2c1)c1ccccc1. The minimum atomic E-state index is -1.04. The Hall–Kier alpha value is -2.86. The van der Waals surface area contributed by atoms with E-state index in [1.165, 1.54) is 0 Å². The molecule has 0 radical (unpaired) electrons. The molecule has 3 aromatic rings. The molecule has 2 atom stereocenters. The Balaban J connectivity index is 1.71. The second-order valence-electron chi connectivity index (χ2n) is 7.02. The van der Waals surface area contributed by atoms with Gasteiger partial charge in [0, 0.05) is 18.1 Å². The monoisotopic (exact) mass is 380 g/mol. The highest BCUT2D eigenvalue weighted by Crippen LogP contribution is 2.32. The highest BCUT2D eigenvalue weighted by atomic mass is 16.5. The normalized spacial score (nSPS) is 18.1. The second kappa shape index (κ2) is 8.02. The van der Waals surface area contributed by atoms with Crippen molar-refractivity contribution in [1.82, 2.24) is 9.78 Å². The second-order valence-corrected chi connectivity index (χ2v) is 7.02. The number of carboxylic acids is 1. The summed E-state index contributed by atoms with van der Waals surface area (Å²) >= 11 is 0. The van der Waals surface area contributed by atoms with E-state index in [4.69, 9.17) is 9.47 Å². The van der Waals surface area contributed by atoms with E-state index in [1.54, 1.807) is 10.7 Å². The summed E-state index contributed by atoms with van der Waals surface area (Å²) in [6.45, 7) is 2.75. The summed E-state index contributed by atoms with van der Waals surface area (Å²) in [4.78, 5) is 11.7. The number of aromatic carboxylic acids is 1. The average molecular weight is 380 g/mol. The van der Waals surface area contributed by atoms with Crippen molar-refractivity contribution in [3.63, 3.8) is 0 Å². The summed E-state index contributed by atoms with van der Waals surface area (Å²) in [7, 11) is 0. The highest BCUT2D eigenvalue weighted by molar-refractivity contribution is 6.01. The van der Waals surface area contributed by atoms with Gasteiger partial charge in [-0.15, -0.1) is 0 Å². The molecule has 1 aromatic heterocycles. The van der Waals surface area contributed by atoms with Gasteiger partial charge in [-0.3, -0.25) is 0 Å². The van der Waals surface area contributed by atoms with Gasteiger partial charge in [-0.25, -0.2) is 9.48 Å². The Labute approximate surface area is 163 Å². The van der Waals surface area contributed by atoms with Gasteiger partial charge in [0.05, 0.1) is 5.52 Å². The first kappa shape index (κ1) is 18.5. The van der Waals surface area contributed by atoms with E-state index in [9.17, 15) is 9.90 Å². The number of rotatable bonds is 6. The van der Waals surface area contributed by atoms with E-state index in [2.05, 4.69) is 24.2 Å². The fourth-order valence-corrected chi connectivity index (χ4v) is 3.70. The largest absolute Gasteiger partial charge is 0.486 e. The van der Waals surface area contributed by atoms with Crippen molar-refractivity contribution in [2.45, 2.75) is 44.9 Å². The van der Waals surface area contributed by atoms with Crippen LogP contribution in [0, 0.1) is 0 Å². The third-order valence-electron chi connectivity index (χ3n) is 5.13. The minimum Gasteiger partial charge on any atom is -0.486 e. The molecule has 0 aliphatic carbocycles. The quantitative estimate of drug-likeness (QED) is 0.654. The smallest absolute Gasteiger partial charge is 0.357 e. The Morgan fingerprint density at radius 1 is 1.29 bits per heavy atom. The fraction of sp³-hybridized carbons (Fsp3) is 0.364. The molecular weight excluding hydrogens is 356 g/mol. The van der Waals surface area contributed by atoms with Crippen molar-refractivity contribution >= 4 is 16.9 Å². The number of fused-ring (bicyclic) bond motifs is 1. The first-order valence-electron chi connectivity index (χ1n) is 9.76. The third kappa shape index (κ3) is 3.60. The number of ether oxygens (including phenoxy) is 2. The van der Waals surface area contributed by atoms with E-state index < -0.39 is 5.97 Å². The summed E-state index contributed by atoms with van der Waals surface area (Å²) in [5, 5.41) is 14.5. The van der Waals surface area contributed by atoms with E-state index in [0.29, 0.717) is 17.7 Å². The predicted octanol–water partition coefficient (Wildman–Crippen LogP) is 4.96. The van der Waals surface area contributed by atoms with E-state index >= 15 is 0 Å². The number of carbonyl (C=O) groups is 1. The summed E-state index contributed by atoms with van der Waals surface area (Å²) in [6.07, 6.45) is 3.40. The Morgan fingerprint density at radius 2 is 2.11 bits per heavy atom. The molecule has 2 heterocycles. The number of hydrogen-bond donors (Lipinski definition) is 1. The molecule has 0 saturated carbocycles. The maximum Gasteiger partial charge on any atom is 0.357 e. The van der Waals surface area contributed by atoms with Crippen molar-refractivity contribution < 1.29 is 19.4 Å². The Bertz CT molecular complexity index is 961. The molecule has 2 unspecified atom stereocenters. The zero-order valence-electron chi connectivity index (χ0n) is 15.9. The number of aromatic nitrogens is 2. The van der Waals surface area contributed by atoms with Crippen LogP contribution < -0.4 is 4.74 Å². The zero-order valence-corrected chi connectivity index (χ0v) is 15.9. The van der Waals surface area contributed by atoms with Crippen LogP contribution in [0.3, 0.4) is 0 Å². The van der Waals surface area contributed by atoms with Crippen LogP contribution in [-0.2, 0) is 4.74 Å². The molecule has 6 nitrogen and oxygen atoms in total. The van der Waals surface area contributed by atoms with Gasteiger partial charge in [0.25, 0.3) is 0 Å². The molecular formula is C22H24N2O4. The van der Waals surface area contributed by atoms with Gasteiger partial charge in [-0.2, -0.15) is 5.10 Å². The third-order valence-corrected chi connectivity index (χ3v) is 5.13. The highest BCUT2D eigenvalue weighted by Gasteiger charge is 2.24. The maximum absolute atomic E-state index is 11.7. The minimum absolute atomic E-state index is 0.0471. The standard InChI is InChI=1S/C22H24N2O4/c1-2-19(15-8-4-3-5-9-15)28-16-11-12-17-18(14-16)24(23-21(17)22(25)26)20-10-6-7-13-27-20/h3-5,8-9,11-12,14,19-20H,2,6-7,10,13H2,1H3,(H,25,26). The summed E-state index contributed by atoms with van der Waals surface area (Å²) in [5.41, 5.74) is 1.89. The van der Waals surface area contributed by atoms with Crippen molar-refractivity contribution in [2.24, 2.45) is 0 Å². The molecule has 0 amide bonds. The van der Waals surface area contributed by atoms with Gasteiger partial charge in [0.2, 0.25) is 0 Å². The molecule has 6 heteroatoms. The lowest BCUT2D eigenvalue weighted by atomic mass is 10.1.